The van der Waals surface area contributed by atoms with Crippen LogP contribution in [0.25, 0.3) is 11.4 Å². The van der Waals surface area contributed by atoms with Gasteiger partial charge in [0.1, 0.15) is 0 Å². The first kappa shape index (κ1) is 22.9. The van der Waals surface area contributed by atoms with Crippen LogP contribution >= 0.6 is 11.8 Å². The van der Waals surface area contributed by atoms with Crippen molar-refractivity contribution < 1.29 is 4.79 Å². The summed E-state index contributed by atoms with van der Waals surface area (Å²) >= 11 is 1.41. The molecule has 0 spiro atoms. The molecule has 31 heavy (non-hydrogen) atoms. The second kappa shape index (κ2) is 10.5. The van der Waals surface area contributed by atoms with Crippen molar-refractivity contribution in [2.75, 3.05) is 29.1 Å². The number of anilines is 2. The summed E-state index contributed by atoms with van der Waals surface area (Å²) in [6, 6.07) is 14.5. The molecular formula is C24H31N5OS. The minimum atomic E-state index is -0.0502. The van der Waals surface area contributed by atoms with Crippen molar-refractivity contribution in [3.05, 3.63) is 53.6 Å². The van der Waals surface area contributed by atoms with Gasteiger partial charge in [0.2, 0.25) is 5.91 Å². The van der Waals surface area contributed by atoms with E-state index in [4.69, 9.17) is 0 Å². The average Bonchev–Trinajstić information content (AvgIpc) is 3.16. The number of thioether (sulfide) groups is 1. The van der Waals surface area contributed by atoms with E-state index in [9.17, 15) is 4.79 Å². The number of nitrogens with one attached hydrogen (secondary N) is 1. The molecule has 0 aliphatic heterocycles. The molecule has 1 N–H and O–H groups in total. The van der Waals surface area contributed by atoms with E-state index in [1.165, 1.54) is 17.4 Å². The highest BCUT2D eigenvalue weighted by Crippen LogP contribution is 2.26. The van der Waals surface area contributed by atoms with Gasteiger partial charge in [0.05, 0.1) is 5.75 Å². The summed E-state index contributed by atoms with van der Waals surface area (Å²) in [7, 11) is 0. The van der Waals surface area contributed by atoms with Crippen LogP contribution in [0.1, 0.15) is 31.9 Å². The lowest BCUT2D eigenvalue weighted by molar-refractivity contribution is -0.113. The maximum Gasteiger partial charge on any atom is 0.234 e. The zero-order valence-corrected chi connectivity index (χ0v) is 19.8. The van der Waals surface area contributed by atoms with Crippen molar-refractivity contribution in [1.82, 2.24) is 14.8 Å². The Morgan fingerprint density at radius 2 is 1.65 bits per heavy atom. The second-order valence-corrected chi connectivity index (χ2v) is 8.43. The molecule has 6 nitrogen and oxygen atoms in total. The van der Waals surface area contributed by atoms with Gasteiger partial charge in [-0.05, 0) is 82.1 Å². The lowest BCUT2D eigenvalue weighted by Gasteiger charge is -2.21. The normalized spacial score (nSPS) is 10.9. The van der Waals surface area contributed by atoms with Crippen LogP contribution in [0.3, 0.4) is 0 Å². The van der Waals surface area contributed by atoms with E-state index in [1.807, 2.05) is 26.0 Å². The number of aryl methyl sites for hydroxylation is 2. The first-order valence-corrected chi connectivity index (χ1v) is 11.7. The molecule has 0 aliphatic carbocycles. The number of rotatable bonds is 9. The molecule has 3 aromatic rings. The zero-order valence-electron chi connectivity index (χ0n) is 19.0. The lowest BCUT2D eigenvalue weighted by Crippen LogP contribution is -2.21. The van der Waals surface area contributed by atoms with Gasteiger partial charge < -0.3 is 14.8 Å². The Bertz CT molecular complexity index is 1000. The summed E-state index contributed by atoms with van der Waals surface area (Å²) in [6.45, 7) is 13.1. The minimum Gasteiger partial charge on any atom is -0.372 e. The van der Waals surface area contributed by atoms with Crippen molar-refractivity contribution in [1.29, 1.82) is 0 Å². The van der Waals surface area contributed by atoms with E-state index in [0.29, 0.717) is 0 Å². The molecule has 0 unspecified atom stereocenters. The summed E-state index contributed by atoms with van der Waals surface area (Å²) in [6.07, 6.45) is 0. The third-order valence-electron chi connectivity index (χ3n) is 5.12. The Hall–Kier alpha value is -2.80. The van der Waals surface area contributed by atoms with Crippen LogP contribution in [-0.2, 0) is 11.3 Å². The first-order valence-electron chi connectivity index (χ1n) is 10.7. The Morgan fingerprint density at radius 1 is 1.00 bits per heavy atom. The van der Waals surface area contributed by atoms with Crippen LogP contribution in [0.15, 0.2) is 47.6 Å². The Labute approximate surface area is 189 Å². The number of hydrogen-bond acceptors (Lipinski definition) is 5. The van der Waals surface area contributed by atoms with Gasteiger partial charge in [-0.1, -0.05) is 17.8 Å². The summed E-state index contributed by atoms with van der Waals surface area (Å²) < 4.78 is 2.06. The van der Waals surface area contributed by atoms with Crippen LogP contribution in [0, 0.1) is 13.8 Å². The quantitative estimate of drug-likeness (QED) is 0.469. The van der Waals surface area contributed by atoms with Gasteiger partial charge in [0.25, 0.3) is 0 Å². The number of benzene rings is 2. The van der Waals surface area contributed by atoms with Crippen LogP contribution < -0.4 is 10.2 Å². The van der Waals surface area contributed by atoms with E-state index >= 15 is 0 Å². The van der Waals surface area contributed by atoms with Gasteiger partial charge in [0, 0.05) is 36.6 Å². The molecule has 0 saturated heterocycles. The van der Waals surface area contributed by atoms with Crippen molar-refractivity contribution in [2.24, 2.45) is 0 Å². The molecule has 2 aromatic carbocycles. The average molecular weight is 438 g/mol. The van der Waals surface area contributed by atoms with Crippen molar-refractivity contribution in [3.63, 3.8) is 0 Å². The molecule has 0 saturated carbocycles. The number of nitrogens with zero attached hydrogens (tertiary/aromatic N) is 4. The number of carbonyl (C=O) groups excluding carboxylic acids is 1. The summed E-state index contributed by atoms with van der Waals surface area (Å²) in [5.74, 6) is 1.06. The van der Waals surface area contributed by atoms with Gasteiger partial charge in [-0.2, -0.15) is 0 Å². The minimum absolute atomic E-state index is 0.0502. The lowest BCUT2D eigenvalue weighted by atomic mass is 10.1. The molecule has 0 aliphatic rings. The molecule has 0 fully saturated rings. The van der Waals surface area contributed by atoms with Crippen LogP contribution in [-0.4, -0.2) is 39.5 Å². The third-order valence-corrected chi connectivity index (χ3v) is 6.09. The Morgan fingerprint density at radius 3 is 2.23 bits per heavy atom. The molecule has 3 rings (SSSR count). The van der Waals surface area contributed by atoms with Crippen molar-refractivity contribution >= 4 is 29.0 Å². The molecule has 0 bridgehead atoms. The maximum atomic E-state index is 12.4. The fraction of sp³-hybridized carbons (Fsp3) is 0.375. The highest BCUT2D eigenvalue weighted by atomic mass is 32.2. The van der Waals surface area contributed by atoms with Crippen molar-refractivity contribution in [3.8, 4) is 11.4 Å². The number of amides is 1. The monoisotopic (exact) mass is 437 g/mol. The topological polar surface area (TPSA) is 63.1 Å². The summed E-state index contributed by atoms with van der Waals surface area (Å²) in [4.78, 5) is 14.8. The van der Waals surface area contributed by atoms with Crippen LogP contribution in [0.5, 0.6) is 0 Å². The Balaban J connectivity index is 1.69. The highest BCUT2D eigenvalue weighted by molar-refractivity contribution is 7.99. The van der Waals surface area contributed by atoms with Crippen molar-refractivity contribution in [2.45, 2.75) is 46.3 Å². The van der Waals surface area contributed by atoms with Crippen LogP contribution in [0.4, 0.5) is 11.4 Å². The van der Waals surface area contributed by atoms with E-state index in [-0.39, 0.29) is 11.7 Å². The van der Waals surface area contributed by atoms with Gasteiger partial charge in [0.15, 0.2) is 11.0 Å². The predicted molar refractivity (Wildman–Crippen MR) is 130 cm³/mol. The van der Waals surface area contributed by atoms with E-state index < -0.39 is 0 Å². The molecule has 0 atom stereocenters. The van der Waals surface area contributed by atoms with E-state index in [2.05, 4.69) is 76.1 Å². The van der Waals surface area contributed by atoms with Gasteiger partial charge in [-0.15, -0.1) is 10.2 Å². The van der Waals surface area contributed by atoms with Crippen LogP contribution in [0.2, 0.25) is 0 Å². The largest absolute Gasteiger partial charge is 0.372 e. The first-order chi connectivity index (χ1) is 14.9. The number of hydrogen-bond donors (Lipinski definition) is 1. The molecular weight excluding hydrogens is 406 g/mol. The van der Waals surface area contributed by atoms with Gasteiger partial charge >= 0.3 is 0 Å². The predicted octanol–water partition coefficient (Wildman–Crippen LogP) is 5.16. The molecule has 164 valence electrons. The molecule has 1 amide bonds. The molecule has 7 heteroatoms. The fourth-order valence-corrected chi connectivity index (χ4v) is 4.48. The zero-order chi connectivity index (χ0) is 22.4. The standard InChI is InChI=1S/C24H31N5OS/c1-6-28(7-2)21-11-9-19(10-12-21)23-26-27-24(29(23)8-3)31-16-22(30)25-20-14-17(4)13-18(5)15-20/h9-15H,6-8,16H2,1-5H3,(H,25,30). The number of aromatic nitrogens is 3. The van der Waals surface area contributed by atoms with Gasteiger partial charge in [-0.3, -0.25) is 4.79 Å². The molecule has 1 heterocycles. The maximum absolute atomic E-state index is 12.4. The van der Waals surface area contributed by atoms with E-state index in [0.717, 1.165) is 53.0 Å². The van der Waals surface area contributed by atoms with Gasteiger partial charge in [-0.25, -0.2) is 0 Å². The summed E-state index contributed by atoms with van der Waals surface area (Å²) in [5, 5.41) is 12.5. The smallest absolute Gasteiger partial charge is 0.234 e. The second-order valence-electron chi connectivity index (χ2n) is 7.48. The van der Waals surface area contributed by atoms with E-state index in [1.54, 1.807) is 0 Å². The number of carbonyl (C=O) groups is 1. The highest BCUT2D eigenvalue weighted by Gasteiger charge is 2.15. The summed E-state index contributed by atoms with van der Waals surface area (Å²) in [5.41, 5.74) is 5.32. The fourth-order valence-electron chi connectivity index (χ4n) is 3.68. The molecule has 0 radical (unpaired) electrons. The Kier molecular flexibility index (Phi) is 7.74. The SMILES string of the molecule is CCN(CC)c1ccc(-c2nnc(SCC(=O)Nc3cc(C)cc(C)c3)n2CC)cc1. The molecule has 1 aromatic heterocycles. The third kappa shape index (κ3) is 5.67.